The van der Waals surface area contributed by atoms with E-state index >= 15 is 0 Å². The highest BCUT2D eigenvalue weighted by molar-refractivity contribution is 5.77. The number of ether oxygens (including phenoxy) is 1. The molecule has 0 aliphatic heterocycles. The van der Waals surface area contributed by atoms with Crippen LogP contribution in [0.1, 0.15) is 226 Å². The molecule has 0 fully saturated rings. The third-order valence-corrected chi connectivity index (χ3v) is 10.1. The third-order valence-electron chi connectivity index (χ3n) is 10.1. The van der Waals surface area contributed by atoms with E-state index in [0.29, 0.717) is 19.5 Å². The first kappa shape index (κ1) is 49.3. The third kappa shape index (κ3) is 35.1. The maximum absolute atomic E-state index is 12.8. The summed E-state index contributed by atoms with van der Waals surface area (Å²) in [5.74, 6) is -1.31. The van der Waals surface area contributed by atoms with Crippen LogP contribution in [0.15, 0.2) is 0 Å². The molecule has 302 valence electrons. The van der Waals surface area contributed by atoms with E-state index in [1.165, 1.54) is 148 Å². The van der Waals surface area contributed by atoms with E-state index in [-0.39, 0.29) is 24.4 Å². The minimum Gasteiger partial charge on any atom is -0.480 e. The lowest BCUT2D eigenvalue weighted by Gasteiger charge is -2.18. The lowest BCUT2D eigenvalue weighted by Crippen LogP contribution is -2.45. The summed E-state index contributed by atoms with van der Waals surface area (Å²) >= 11 is 0. The molecule has 3 atom stereocenters. The summed E-state index contributed by atoms with van der Waals surface area (Å²) in [6, 6.07) is -0.969. The van der Waals surface area contributed by atoms with Crippen LogP contribution in [0.4, 0.5) is 0 Å². The van der Waals surface area contributed by atoms with Crippen LogP contribution in [-0.2, 0) is 19.1 Å². The number of nitrogens with one attached hydrogen (secondary N) is 2. The molecule has 8 heteroatoms. The SMILES string of the molecule is CCCCCCCCCCCCCCCC(=O)OC(CCCCCCCCCCCCCCC)CC(=O)NCCCCCN[C@H](C(=O)O)[C@@H](C)O. The van der Waals surface area contributed by atoms with Crippen LogP contribution in [0.25, 0.3) is 0 Å². The highest BCUT2D eigenvalue weighted by Crippen LogP contribution is 2.17. The minimum absolute atomic E-state index is 0.0818. The van der Waals surface area contributed by atoms with Gasteiger partial charge in [-0.25, -0.2) is 0 Å². The Labute approximate surface area is 314 Å². The predicted octanol–water partition coefficient (Wildman–Crippen LogP) is 11.0. The van der Waals surface area contributed by atoms with Gasteiger partial charge in [0.2, 0.25) is 5.91 Å². The van der Waals surface area contributed by atoms with Gasteiger partial charge in [0, 0.05) is 13.0 Å². The molecule has 0 bridgehead atoms. The maximum atomic E-state index is 12.8. The highest BCUT2D eigenvalue weighted by atomic mass is 16.5. The topological polar surface area (TPSA) is 125 Å². The first-order valence-corrected chi connectivity index (χ1v) is 21.9. The number of amides is 1. The number of hydrogen-bond donors (Lipinski definition) is 4. The number of aliphatic carboxylic acids is 1. The first-order valence-electron chi connectivity index (χ1n) is 21.9. The lowest BCUT2D eigenvalue weighted by molar-refractivity contribution is -0.151. The number of carboxylic acids is 1. The van der Waals surface area contributed by atoms with Crippen LogP contribution < -0.4 is 10.6 Å². The van der Waals surface area contributed by atoms with Crippen LogP contribution in [0.2, 0.25) is 0 Å². The van der Waals surface area contributed by atoms with Crippen LogP contribution in [0, 0.1) is 0 Å². The van der Waals surface area contributed by atoms with Crippen molar-refractivity contribution < 1.29 is 29.3 Å². The second-order valence-electron chi connectivity index (χ2n) is 15.3. The van der Waals surface area contributed by atoms with E-state index in [4.69, 9.17) is 9.84 Å². The molecule has 1 unspecified atom stereocenters. The average molecular weight is 725 g/mol. The molecule has 0 aromatic heterocycles. The normalized spacial score (nSPS) is 13.2. The first-order chi connectivity index (χ1) is 24.8. The van der Waals surface area contributed by atoms with Crippen LogP contribution in [0.5, 0.6) is 0 Å². The number of carboxylic acid groups (broad SMARTS) is 1. The van der Waals surface area contributed by atoms with Gasteiger partial charge in [0.15, 0.2) is 0 Å². The lowest BCUT2D eigenvalue weighted by atomic mass is 10.0. The van der Waals surface area contributed by atoms with Gasteiger partial charge in [0.05, 0.1) is 12.5 Å². The summed E-state index contributed by atoms with van der Waals surface area (Å²) in [7, 11) is 0. The molecule has 0 saturated carbocycles. The number of carbonyl (C=O) groups excluding carboxylic acids is 2. The molecule has 0 aliphatic rings. The monoisotopic (exact) mass is 725 g/mol. The largest absolute Gasteiger partial charge is 0.480 e. The van der Waals surface area contributed by atoms with Crippen LogP contribution in [-0.4, -0.2) is 59.4 Å². The number of unbranched alkanes of at least 4 members (excludes halogenated alkanes) is 26. The Hall–Kier alpha value is -1.67. The Bertz CT molecular complexity index is 792. The number of esters is 1. The quantitative estimate of drug-likeness (QED) is 0.0366. The molecule has 0 radical (unpaired) electrons. The van der Waals surface area contributed by atoms with Gasteiger partial charge in [0.25, 0.3) is 0 Å². The zero-order valence-electron chi connectivity index (χ0n) is 33.8. The molecule has 0 aromatic rings. The van der Waals surface area contributed by atoms with E-state index < -0.39 is 18.1 Å². The number of aliphatic hydroxyl groups excluding tert-OH is 1. The molecule has 0 rings (SSSR count). The fraction of sp³-hybridized carbons (Fsp3) is 0.930. The maximum Gasteiger partial charge on any atom is 0.323 e. The van der Waals surface area contributed by atoms with Crippen molar-refractivity contribution in [2.75, 3.05) is 13.1 Å². The molecule has 1 amide bonds. The second kappa shape index (κ2) is 38.1. The standard InChI is InChI=1S/C43H84N2O6/c1-4-6-8-10-12-14-16-18-20-22-24-26-29-33-39(37-40(47)44-35-31-28-32-36-45-42(38(3)46)43(49)50)51-41(48)34-30-27-25-23-21-19-17-15-13-11-9-7-5-2/h38-39,42,45-46H,4-37H2,1-3H3,(H,44,47)(H,49,50)/t38-,39?,42+/m1/s1. The summed E-state index contributed by atoms with van der Waals surface area (Å²) in [6.45, 7) is 7.02. The Balaban J connectivity index is 4.32. The van der Waals surface area contributed by atoms with Gasteiger partial charge in [0.1, 0.15) is 12.1 Å². The number of aliphatic hydroxyl groups is 1. The van der Waals surface area contributed by atoms with E-state index in [1.54, 1.807) is 0 Å². The van der Waals surface area contributed by atoms with Gasteiger partial charge in [-0.3, -0.25) is 14.4 Å². The summed E-state index contributed by atoms with van der Waals surface area (Å²) in [5, 5.41) is 24.6. The van der Waals surface area contributed by atoms with Gasteiger partial charge in [-0.05, 0) is 45.6 Å². The van der Waals surface area contributed by atoms with Crippen molar-refractivity contribution in [2.24, 2.45) is 0 Å². The van der Waals surface area contributed by atoms with E-state index in [9.17, 15) is 19.5 Å². The Morgan fingerprint density at radius 1 is 0.549 bits per heavy atom. The zero-order chi connectivity index (χ0) is 37.6. The van der Waals surface area contributed by atoms with Crippen molar-refractivity contribution >= 4 is 17.8 Å². The van der Waals surface area contributed by atoms with Crippen molar-refractivity contribution in [3.05, 3.63) is 0 Å². The van der Waals surface area contributed by atoms with Crippen molar-refractivity contribution in [3.8, 4) is 0 Å². The zero-order valence-corrected chi connectivity index (χ0v) is 33.8. The Kier molecular flexibility index (Phi) is 36.8. The molecule has 0 heterocycles. The molecule has 51 heavy (non-hydrogen) atoms. The number of rotatable bonds is 40. The molecule has 0 saturated heterocycles. The van der Waals surface area contributed by atoms with Crippen molar-refractivity contribution in [1.29, 1.82) is 0 Å². The molecule has 4 N–H and O–H groups in total. The highest BCUT2D eigenvalue weighted by Gasteiger charge is 2.22. The molecule has 0 aromatic carbocycles. The summed E-state index contributed by atoms with van der Waals surface area (Å²) < 4.78 is 5.88. The molecular weight excluding hydrogens is 640 g/mol. The molecule has 0 spiro atoms. The van der Waals surface area contributed by atoms with Crippen molar-refractivity contribution in [2.45, 2.75) is 244 Å². The van der Waals surface area contributed by atoms with Gasteiger partial charge in [-0.15, -0.1) is 0 Å². The van der Waals surface area contributed by atoms with Crippen molar-refractivity contribution in [1.82, 2.24) is 10.6 Å². The van der Waals surface area contributed by atoms with E-state index in [1.807, 2.05) is 0 Å². The fourth-order valence-corrected chi connectivity index (χ4v) is 6.78. The molecule has 8 nitrogen and oxygen atoms in total. The van der Waals surface area contributed by atoms with E-state index in [2.05, 4.69) is 24.5 Å². The van der Waals surface area contributed by atoms with Crippen LogP contribution in [0.3, 0.4) is 0 Å². The number of carbonyl (C=O) groups is 3. The average Bonchev–Trinajstić information content (AvgIpc) is 3.09. The minimum atomic E-state index is -1.06. The summed E-state index contributed by atoms with van der Waals surface area (Å²) in [4.78, 5) is 36.7. The van der Waals surface area contributed by atoms with Gasteiger partial charge < -0.3 is 25.6 Å². The smallest absolute Gasteiger partial charge is 0.323 e. The summed E-state index contributed by atoms with van der Waals surface area (Å²) in [6.07, 6.45) is 35.6. The van der Waals surface area contributed by atoms with Gasteiger partial charge >= 0.3 is 11.9 Å². The fourth-order valence-electron chi connectivity index (χ4n) is 6.78. The van der Waals surface area contributed by atoms with Crippen molar-refractivity contribution in [3.63, 3.8) is 0 Å². The molecule has 0 aliphatic carbocycles. The summed E-state index contributed by atoms with van der Waals surface area (Å²) in [5.41, 5.74) is 0. The van der Waals surface area contributed by atoms with Gasteiger partial charge in [-0.2, -0.15) is 0 Å². The predicted molar refractivity (Wildman–Crippen MR) is 213 cm³/mol. The Morgan fingerprint density at radius 3 is 1.37 bits per heavy atom. The van der Waals surface area contributed by atoms with Crippen LogP contribution >= 0.6 is 0 Å². The second-order valence-corrected chi connectivity index (χ2v) is 15.3. The van der Waals surface area contributed by atoms with Gasteiger partial charge in [-0.1, -0.05) is 174 Å². The Morgan fingerprint density at radius 2 is 0.941 bits per heavy atom. The molecular formula is C43H84N2O6. The van der Waals surface area contributed by atoms with E-state index in [0.717, 1.165) is 51.4 Å². The number of hydrogen-bond acceptors (Lipinski definition) is 6.